The van der Waals surface area contributed by atoms with E-state index < -0.39 is 5.72 Å². The molecule has 1 unspecified atom stereocenters. The molecule has 3 aliphatic rings. The lowest BCUT2D eigenvalue weighted by molar-refractivity contribution is -0.176. The zero-order valence-corrected chi connectivity index (χ0v) is 9.41. The van der Waals surface area contributed by atoms with Crippen LogP contribution in [0.15, 0.2) is 11.6 Å². The van der Waals surface area contributed by atoms with Gasteiger partial charge in [-0.3, -0.25) is 4.90 Å². The molecular formula is C12H17NO3. The first kappa shape index (κ1) is 10.3. The minimum atomic E-state index is -0.404. The summed E-state index contributed by atoms with van der Waals surface area (Å²) < 4.78 is 11.0. The van der Waals surface area contributed by atoms with Gasteiger partial charge in [0.25, 0.3) is 0 Å². The predicted molar refractivity (Wildman–Crippen MR) is 57.8 cm³/mol. The smallest absolute Gasteiger partial charge is 0.332 e. The Labute approximate surface area is 95.2 Å². The summed E-state index contributed by atoms with van der Waals surface area (Å²) in [4.78, 5) is 13.8. The molecule has 0 aromatic heterocycles. The molecule has 16 heavy (non-hydrogen) atoms. The van der Waals surface area contributed by atoms with Gasteiger partial charge < -0.3 is 9.47 Å². The second-order valence-electron chi connectivity index (χ2n) is 4.68. The van der Waals surface area contributed by atoms with Gasteiger partial charge in [0.05, 0.1) is 13.2 Å². The molecule has 2 fully saturated rings. The fraction of sp³-hybridized carbons (Fsp3) is 0.750. The molecule has 0 N–H and O–H groups in total. The second kappa shape index (κ2) is 3.86. The fourth-order valence-corrected chi connectivity index (χ4v) is 3.03. The predicted octanol–water partition coefficient (Wildman–Crippen LogP) is 1.07. The van der Waals surface area contributed by atoms with Crippen LogP contribution in [-0.4, -0.2) is 42.9 Å². The van der Waals surface area contributed by atoms with Crippen molar-refractivity contribution in [2.24, 2.45) is 0 Å². The highest BCUT2D eigenvalue weighted by Crippen LogP contribution is 2.42. The second-order valence-corrected chi connectivity index (χ2v) is 4.68. The van der Waals surface area contributed by atoms with Crippen molar-refractivity contribution in [3.63, 3.8) is 0 Å². The first-order valence-electron chi connectivity index (χ1n) is 6.08. The highest BCUT2D eigenvalue weighted by molar-refractivity contribution is 5.86. The average Bonchev–Trinajstić information content (AvgIpc) is 2.67. The summed E-state index contributed by atoms with van der Waals surface area (Å²) in [5.74, 6) is -0.164. The Morgan fingerprint density at radius 2 is 2.06 bits per heavy atom. The summed E-state index contributed by atoms with van der Waals surface area (Å²) in [5, 5.41) is 0. The minimum absolute atomic E-state index is 0.164. The summed E-state index contributed by atoms with van der Waals surface area (Å²) in [6.07, 6.45) is 5.97. The molecule has 0 spiro atoms. The van der Waals surface area contributed by atoms with E-state index in [1.807, 2.05) is 0 Å². The number of morpholine rings is 1. The molecule has 2 heterocycles. The summed E-state index contributed by atoms with van der Waals surface area (Å²) in [5.41, 5.74) is 0.782. The van der Waals surface area contributed by atoms with Gasteiger partial charge in [-0.1, -0.05) is 0 Å². The lowest BCUT2D eigenvalue weighted by atomic mass is 9.86. The Hall–Kier alpha value is -0.870. The molecule has 1 aliphatic carbocycles. The van der Waals surface area contributed by atoms with Crippen LogP contribution in [0.3, 0.4) is 0 Å². The van der Waals surface area contributed by atoms with Crippen molar-refractivity contribution in [2.75, 3.05) is 26.3 Å². The van der Waals surface area contributed by atoms with Crippen LogP contribution in [0, 0.1) is 0 Å². The molecule has 1 saturated heterocycles. The van der Waals surface area contributed by atoms with Gasteiger partial charge in [0.1, 0.15) is 0 Å². The maximum atomic E-state index is 11.5. The summed E-state index contributed by atoms with van der Waals surface area (Å²) in [7, 11) is 0. The molecule has 1 atom stereocenters. The standard InChI is InChI=1S/C12H17NO3/c14-11-9-10-3-1-2-4-12(10,16-11)13-5-7-15-8-6-13/h9H,1-8H2. The Bertz CT molecular complexity index is 333. The molecule has 0 aromatic carbocycles. The number of carbonyl (C=O) groups is 1. The maximum Gasteiger partial charge on any atom is 0.332 e. The van der Waals surface area contributed by atoms with Crippen molar-refractivity contribution in [1.29, 1.82) is 0 Å². The van der Waals surface area contributed by atoms with E-state index in [-0.39, 0.29) is 5.97 Å². The molecular weight excluding hydrogens is 206 g/mol. The third-order valence-electron chi connectivity index (χ3n) is 3.80. The maximum absolute atomic E-state index is 11.5. The Balaban J connectivity index is 1.88. The number of ether oxygens (including phenoxy) is 2. The van der Waals surface area contributed by atoms with E-state index in [1.54, 1.807) is 6.08 Å². The molecule has 0 amide bonds. The Morgan fingerprint density at radius 3 is 2.88 bits per heavy atom. The van der Waals surface area contributed by atoms with E-state index in [0.29, 0.717) is 0 Å². The van der Waals surface area contributed by atoms with Crippen LogP contribution in [0.4, 0.5) is 0 Å². The SMILES string of the molecule is O=C1C=C2CCCCC2(N2CCOCC2)O1. The first-order valence-corrected chi connectivity index (χ1v) is 6.08. The molecule has 4 nitrogen and oxygen atoms in total. The Morgan fingerprint density at radius 1 is 1.25 bits per heavy atom. The van der Waals surface area contributed by atoms with Crippen LogP contribution >= 0.6 is 0 Å². The van der Waals surface area contributed by atoms with Gasteiger partial charge in [0, 0.05) is 25.6 Å². The van der Waals surface area contributed by atoms with Gasteiger partial charge in [0.15, 0.2) is 5.72 Å². The number of esters is 1. The van der Waals surface area contributed by atoms with Gasteiger partial charge in [0.2, 0.25) is 0 Å². The van der Waals surface area contributed by atoms with Gasteiger partial charge in [-0.2, -0.15) is 0 Å². The molecule has 2 aliphatic heterocycles. The highest BCUT2D eigenvalue weighted by atomic mass is 16.6. The van der Waals surface area contributed by atoms with Gasteiger partial charge in [-0.05, 0) is 24.8 Å². The van der Waals surface area contributed by atoms with E-state index in [2.05, 4.69) is 4.90 Å². The number of fused-ring (bicyclic) bond motifs is 1. The van der Waals surface area contributed by atoms with Crippen LogP contribution in [0.25, 0.3) is 0 Å². The van der Waals surface area contributed by atoms with E-state index in [1.165, 1.54) is 12.0 Å². The molecule has 4 heteroatoms. The average molecular weight is 223 g/mol. The zero-order valence-electron chi connectivity index (χ0n) is 9.41. The summed E-state index contributed by atoms with van der Waals surface area (Å²) in [6.45, 7) is 3.22. The van der Waals surface area contributed by atoms with Gasteiger partial charge in [-0.25, -0.2) is 4.79 Å². The number of hydrogen-bond donors (Lipinski definition) is 0. The van der Waals surface area contributed by atoms with Gasteiger partial charge in [-0.15, -0.1) is 0 Å². The van der Waals surface area contributed by atoms with Crippen molar-refractivity contribution in [2.45, 2.75) is 31.4 Å². The molecule has 1 saturated carbocycles. The quantitative estimate of drug-likeness (QED) is 0.623. The van der Waals surface area contributed by atoms with Crippen LogP contribution in [0.1, 0.15) is 25.7 Å². The third-order valence-corrected chi connectivity index (χ3v) is 3.80. The highest BCUT2D eigenvalue weighted by Gasteiger charge is 2.49. The summed E-state index contributed by atoms with van der Waals surface area (Å²) in [6, 6.07) is 0. The minimum Gasteiger partial charge on any atom is -0.436 e. The zero-order chi connectivity index (χ0) is 11.0. The van der Waals surface area contributed by atoms with E-state index in [9.17, 15) is 4.79 Å². The monoisotopic (exact) mass is 223 g/mol. The largest absolute Gasteiger partial charge is 0.436 e. The van der Waals surface area contributed by atoms with Crippen molar-refractivity contribution < 1.29 is 14.3 Å². The molecule has 88 valence electrons. The molecule has 3 rings (SSSR count). The number of nitrogens with zero attached hydrogens (tertiary/aromatic N) is 1. The number of hydrogen-bond acceptors (Lipinski definition) is 4. The van der Waals surface area contributed by atoms with Crippen LogP contribution in [0.5, 0.6) is 0 Å². The van der Waals surface area contributed by atoms with E-state index in [4.69, 9.17) is 9.47 Å². The van der Waals surface area contributed by atoms with Gasteiger partial charge >= 0.3 is 5.97 Å². The van der Waals surface area contributed by atoms with E-state index in [0.717, 1.165) is 45.6 Å². The van der Waals surface area contributed by atoms with Crippen molar-refractivity contribution in [3.8, 4) is 0 Å². The van der Waals surface area contributed by atoms with Crippen molar-refractivity contribution in [3.05, 3.63) is 11.6 Å². The van der Waals surface area contributed by atoms with Crippen molar-refractivity contribution in [1.82, 2.24) is 4.90 Å². The van der Waals surface area contributed by atoms with Crippen LogP contribution < -0.4 is 0 Å². The van der Waals surface area contributed by atoms with Crippen LogP contribution in [-0.2, 0) is 14.3 Å². The van der Waals surface area contributed by atoms with Crippen LogP contribution in [0.2, 0.25) is 0 Å². The Kier molecular flexibility index (Phi) is 2.48. The molecule has 0 aromatic rings. The lowest BCUT2D eigenvalue weighted by Crippen LogP contribution is -2.55. The summed E-state index contributed by atoms with van der Waals surface area (Å²) >= 11 is 0. The number of rotatable bonds is 1. The molecule has 0 radical (unpaired) electrons. The number of carbonyl (C=O) groups excluding carboxylic acids is 1. The first-order chi connectivity index (χ1) is 7.81. The fourth-order valence-electron chi connectivity index (χ4n) is 3.03. The van der Waals surface area contributed by atoms with Crippen molar-refractivity contribution >= 4 is 5.97 Å². The third kappa shape index (κ3) is 1.48. The topological polar surface area (TPSA) is 38.8 Å². The van der Waals surface area contributed by atoms with E-state index >= 15 is 0 Å². The normalized spacial score (nSPS) is 35.5. The lowest BCUT2D eigenvalue weighted by Gasteiger charge is -2.45. The molecule has 0 bridgehead atoms.